The van der Waals surface area contributed by atoms with E-state index in [2.05, 4.69) is 5.32 Å². The van der Waals surface area contributed by atoms with Crippen LogP contribution in [0.1, 0.15) is 27.0 Å². The summed E-state index contributed by atoms with van der Waals surface area (Å²) in [6, 6.07) is 15.8. The van der Waals surface area contributed by atoms with Gasteiger partial charge in [-0.1, -0.05) is 18.2 Å². The van der Waals surface area contributed by atoms with Crippen molar-refractivity contribution < 1.29 is 36.4 Å². The van der Waals surface area contributed by atoms with Crippen LogP contribution in [-0.2, 0) is 26.2 Å². The van der Waals surface area contributed by atoms with Gasteiger partial charge in [0, 0.05) is 6.54 Å². The number of esters is 1. The molecule has 0 aromatic heterocycles. The second-order valence-electron chi connectivity index (χ2n) is 7.87. The average Bonchev–Trinajstić information content (AvgIpc) is 3.31. The van der Waals surface area contributed by atoms with Crippen LogP contribution >= 0.6 is 0 Å². The van der Waals surface area contributed by atoms with E-state index in [1.165, 1.54) is 30.3 Å². The lowest BCUT2D eigenvalue weighted by molar-refractivity contribution is -0.124. The number of hydrogen-bond donors (Lipinski definition) is 1. The molecule has 10 heteroatoms. The summed E-state index contributed by atoms with van der Waals surface area (Å²) in [5.41, 5.74) is 2.30. The Kier molecular flexibility index (Phi) is 6.92. The Balaban J connectivity index is 1.28. The second-order valence-corrected chi connectivity index (χ2v) is 9.39. The van der Waals surface area contributed by atoms with Crippen molar-refractivity contribution in [1.82, 2.24) is 5.32 Å². The van der Waals surface area contributed by atoms with E-state index in [1.807, 2.05) is 6.07 Å². The van der Waals surface area contributed by atoms with E-state index in [0.29, 0.717) is 17.1 Å². The second kappa shape index (κ2) is 10.1. The summed E-state index contributed by atoms with van der Waals surface area (Å²) >= 11 is 0. The molecule has 0 unspecified atom stereocenters. The Labute approximate surface area is 202 Å². The van der Waals surface area contributed by atoms with Crippen LogP contribution in [0, 0.1) is 13.8 Å². The first-order chi connectivity index (χ1) is 16.7. The maximum atomic E-state index is 12.6. The zero-order valence-corrected chi connectivity index (χ0v) is 19.9. The molecule has 1 N–H and O–H groups in total. The minimum absolute atomic E-state index is 0.0453. The zero-order chi connectivity index (χ0) is 25.0. The minimum atomic E-state index is -4.04. The van der Waals surface area contributed by atoms with Crippen LogP contribution in [0.15, 0.2) is 65.6 Å². The summed E-state index contributed by atoms with van der Waals surface area (Å²) in [5.74, 6) is 0.0948. The molecule has 0 fully saturated rings. The van der Waals surface area contributed by atoms with Gasteiger partial charge in [-0.3, -0.25) is 4.79 Å². The third-order valence-corrected chi connectivity index (χ3v) is 6.56. The smallest absolute Gasteiger partial charge is 0.339 e. The fourth-order valence-corrected chi connectivity index (χ4v) is 4.56. The molecule has 35 heavy (non-hydrogen) atoms. The maximum absolute atomic E-state index is 12.6. The molecule has 0 spiro atoms. The van der Waals surface area contributed by atoms with Crippen LogP contribution in [0.5, 0.6) is 17.2 Å². The summed E-state index contributed by atoms with van der Waals surface area (Å²) in [4.78, 5) is 24.4. The number of nitrogens with one attached hydrogen (secondary N) is 1. The van der Waals surface area contributed by atoms with Crippen LogP contribution in [0.3, 0.4) is 0 Å². The number of carbonyl (C=O) groups excluding carboxylic acids is 2. The maximum Gasteiger partial charge on any atom is 0.339 e. The van der Waals surface area contributed by atoms with E-state index >= 15 is 0 Å². The molecule has 0 saturated heterocycles. The first-order valence-corrected chi connectivity index (χ1v) is 12.1. The van der Waals surface area contributed by atoms with Gasteiger partial charge in [-0.05, 0) is 73.0 Å². The molecule has 9 nitrogen and oxygen atoms in total. The van der Waals surface area contributed by atoms with Crippen LogP contribution in [0.25, 0.3) is 0 Å². The van der Waals surface area contributed by atoms with E-state index in [4.69, 9.17) is 18.4 Å². The first-order valence-electron chi connectivity index (χ1n) is 10.7. The monoisotopic (exact) mass is 497 g/mol. The Bertz CT molecular complexity index is 1370. The molecule has 0 radical (unpaired) electrons. The number of hydrogen-bond acceptors (Lipinski definition) is 8. The number of amides is 1. The van der Waals surface area contributed by atoms with Crippen molar-refractivity contribution in [3.8, 4) is 17.2 Å². The normalized spacial score (nSPS) is 12.2. The highest BCUT2D eigenvalue weighted by molar-refractivity contribution is 7.87. The Morgan fingerprint density at radius 2 is 1.69 bits per heavy atom. The molecule has 3 aromatic rings. The van der Waals surface area contributed by atoms with Gasteiger partial charge in [-0.25, -0.2) is 4.79 Å². The zero-order valence-electron chi connectivity index (χ0n) is 19.1. The molecule has 3 aromatic carbocycles. The fourth-order valence-electron chi connectivity index (χ4n) is 3.31. The highest BCUT2D eigenvalue weighted by Gasteiger charge is 2.20. The van der Waals surface area contributed by atoms with Crippen LogP contribution in [0.4, 0.5) is 0 Å². The van der Waals surface area contributed by atoms with Crippen molar-refractivity contribution in [1.29, 1.82) is 0 Å². The molecular weight excluding hydrogens is 474 g/mol. The summed E-state index contributed by atoms with van der Waals surface area (Å²) in [7, 11) is -4.04. The predicted molar refractivity (Wildman–Crippen MR) is 125 cm³/mol. The van der Waals surface area contributed by atoms with Gasteiger partial charge in [0.05, 0.1) is 5.56 Å². The molecule has 0 atom stereocenters. The molecule has 1 aliphatic heterocycles. The van der Waals surface area contributed by atoms with Crippen molar-refractivity contribution in [2.24, 2.45) is 0 Å². The van der Waals surface area contributed by atoms with Crippen molar-refractivity contribution in [2.75, 3.05) is 13.4 Å². The molecule has 1 heterocycles. The number of ether oxygens (including phenoxy) is 3. The molecule has 182 valence electrons. The Morgan fingerprint density at radius 3 is 2.46 bits per heavy atom. The molecule has 1 aliphatic rings. The van der Waals surface area contributed by atoms with E-state index in [-0.39, 0.29) is 29.5 Å². The summed E-state index contributed by atoms with van der Waals surface area (Å²) in [6.07, 6.45) is 0. The SMILES string of the molecule is Cc1ccc(C)c(S(=O)(=O)Oc2ccc(C(=O)OCC(=O)NCc3ccc4c(c3)OCO4)cc2)c1. The highest BCUT2D eigenvalue weighted by Crippen LogP contribution is 2.32. The third-order valence-electron chi connectivity index (χ3n) is 5.17. The number of fused-ring (bicyclic) bond motifs is 1. The number of carbonyl (C=O) groups is 2. The molecule has 4 rings (SSSR count). The standard InChI is InChI=1S/C25H23NO8S/c1-16-3-4-17(2)23(11-16)35(29,30)34-20-8-6-19(7-9-20)25(28)31-14-24(27)26-13-18-5-10-21-22(12-18)33-15-32-21/h3-12H,13-15H2,1-2H3,(H,26,27). The van der Waals surface area contributed by atoms with Crippen molar-refractivity contribution >= 4 is 22.0 Å². The first kappa shape index (κ1) is 24.1. The third kappa shape index (κ3) is 5.90. The topological polar surface area (TPSA) is 117 Å². The van der Waals surface area contributed by atoms with Crippen LogP contribution in [0.2, 0.25) is 0 Å². The molecule has 0 bridgehead atoms. The van der Waals surface area contributed by atoms with Gasteiger partial charge in [0.25, 0.3) is 5.91 Å². The number of rotatable bonds is 8. The van der Waals surface area contributed by atoms with Crippen molar-refractivity contribution in [2.45, 2.75) is 25.3 Å². The van der Waals surface area contributed by atoms with Crippen molar-refractivity contribution in [3.05, 3.63) is 82.9 Å². The van der Waals surface area contributed by atoms with Gasteiger partial charge < -0.3 is 23.7 Å². The van der Waals surface area contributed by atoms with E-state index in [0.717, 1.165) is 11.1 Å². The Morgan fingerprint density at radius 1 is 0.943 bits per heavy atom. The summed E-state index contributed by atoms with van der Waals surface area (Å²) in [5, 5.41) is 2.66. The van der Waals surface area contributed by atoms with Gasteiger partial charge in [-0.2, -0.15) is 8.42 Å². The number of benzene rings is 3. The average molecular weight is 498 g/mol. The highest BCUT2D eigenvalue weighted by atomic mass is 32.2. The quantitative estimate of drug-likeness (QED) is 0.372. The molecule has 0 aliphatic carbocycles. The van der Waals surface area contributed by atoms with Gasteiger partial charge in [0.2, 0.25) is 6.79 Å². The van der Waals surface area contributed by atoms with Gasteiger partial charge >= 0.3 is 16.1 Å². The lowest BCUT2D eigenvalue weighted by Gasteiger charge is -2.11. The van der Waals surface area contributed by atoms with E-state index in [1.54, 1.807) is 38.1 Å². The molecular formula is C25H23NO8S. The van der Waals surface area contributed by atoms with E-state index in [9.17, 15) is 18.0 Å². The fraction of sp³-hybridized carbons (Fsp3) is 0.200. The largest absolute Gasteiger partial charge is 0.454 e. The molecule has 0 saturated carbocycles. The van der Waals surface area contributed by atoms with E-state index < -0.39 is 28.6 Å². The van der Waals surface area contributed by atoms with Gasteiger partial charge in [0.15, 0.2) is 18.1 Å². The summed E-state index contributed by atoms with van der Waals surface area (Å²) in [6.45, 7) is 3.39. The number of aryl methyl sites for hydroxylation is 2. The lowest BCUT2D eigenvalue weighted by atomic mass is 10.2. The summed E-state index contributed by atoms with van der Waals surface area (Å²) < 4.78 is 46.0. The predicted octanol–water partition coefficient (Wildman–Crippen LogP) is 3.27. The lowest BCUT2D eigenvalue weighted by Crippen LogP contribution is -2.28. The van der Waals surface area contributed by atoms with Gasteiger partial charge in [0.1, 0.15) is 10.6 Å². The Hall–Kier alpha value is -4.05. The molecule has 1 amide bonds. The van der Waals surface area contributed by atoms with Crippen molar-refractivity contribution in [3.63, 3.8) is 0 Å². The van der Waals surface area contributed by atoms with Gasteiger partial charge in [-0.15, -0.1) is 0 Å². The van der Waals surface area contributed by atoms with Crippen LogP contribution < -0.4 is 19.0 Å². The van der Waals surface area contributed by atoms with Crippen LogP contribution in [-0.4, -0.2) is 33.7 Å². The minimum Gasteiger partial charge on any atom is -0.454 e.